The van der Waals surface area contributed by atoms with Crippen molar-refractivity contribution in [2.75, 3.05) is 24.7 Å². The minimum atomic E-state index is -3.20. The van der Waals surface area contributed by atoms with Gasteiger partial charge in [0.2, 0.25) is 10.0 Å². The van der Waals surface area contributed by atoms with E-state index in [1.54, 1.807) is 4.31 Å². The molecule has 0 amide bonds. The lowest BCUT2D eigenvalue weighted by atomic mass is 10.00. The topological polar surface area (TPSA) is 57.6 Å². The van der Waals surface area contributed by atoms with Gasteiger partial charge in [-0.2, -0.15) is 0 Å². The van der Waals surface area contributed by atoms with Crippen LogP contribution in [0.25, 0.3) is 0 Å². The molecule has 1 saturated heterocycles. The number of nitrogens with zero attached hydrogens (tertiary/aromatic N) is 1. The predicted molar refractivity (Wildman–Crippen MR) is 67.5 cm³/mol. The molecular formula is C11H20ClNO3S. The molecule has 2 fully saturated rings. The van der Waals surface area contributed by atoms with Crippen LogP contribution >= 0.6 is 11.6 Å². The van der Waals surface area contributed by atoms with E-state index in [4.69, 9.17) is 11.6 Å². The summed E-state index contributed by atoms with van der Waals surface area (Å²) >= 11 is 5.66. The molecule has 1 N–H and O–H groups in total. The lowest BCUT2D eigenvalue weighted by Gasteiger charge is -2.19. The van der Waals surface area contributed by atoms with E-state index < -0.39 is 10.0 Å². The minimum absolute atomic E-state index is 0.0213. The van der Waals surface area contributed by atoms with Crippen molar-refractivity contribution in [1.82, 2.24) is 4.31 Å². The fraction of sp³-hybridized carbons (Fsp3) is 1.00. The Labute approximate surface area is 108 Å². The first-order chi connectivity index (χ1) is 7.94. The van der Waals surface area contributed by atoms with Gasteiger partial charge in [-0.3, -0.25) is 0 Å². The Morgan fingerprint density at radius 1 is 1.41 bits per heavy atom. The van der Waals surface area contributed by atoms with E-state index in [9.17, 15) is 13.5 Å². The molecule has 4 atom stereocenters. The van der Waals surface area contributed by atoms with Crippen molar-refractivity contribution < 1.29 is 13.5 Å². The molecule has 1 heterocycles. The molecule has 0 aromatic carbocycles. The Kier molecular flexibility index (Phi) is 4.02. The van der Waals surface area contributed by atoms with Crippen molar-refractivity contribution in [3.05, 3.63) is 0 Å². The van der Waals surface area contributed by atoms with E-state index in [1.165, 1.54) is 0 Å². The number of halogens is 1. The highest BCUT2D eigenvalue weighted by Gasteiger charge is 2.45. The molecule has 1 aliphatic carbocycles. The summed E-state index contributed by atoms with van der Waals surface area (Å²) in [6.07, 6.45) is 1.45. The molecular weight excluding hydrogens is 262 g/mol. The molecule has 2 aliphatic rings. The van der Waals surface area contributed by atoms with Crippen LogP contribution in [0.5, 0.6) is 0 Å². The van der Waals surface area contributed by atoms with Crippen LogP contribution in [0.1, 0.15) is 19.8 Å². The van der Waals surface area contributed by atoms with Gasteiger partial charge in [0.15, 0.2) is 0 Å². The largest absolute Gasteiger partial charge is 0.393 e. The van der Waals surface area contributed by atoms with Gasteiger partial charge in [0, 0.05) is 24.9 Å². The second-order valence-corrected chi connectivity index (χ2v) is 7.75. The molecule has 4 nitrogen and oxygen atoms in total. The number of hydrogen-bond acceptors (Lipinski definition) is 3. The van der Waals surface area contributed by atoms with E-state index >= 15 is 0 Å². The number of aliphatic hydroxyl groups excluding tert-OH is 1. The van der Waals surface area contributed by atoms with Crippen molar-refractivity contribution in [3.8, 4) is 0 Å². The Hall–Kier alpha value is 0.160. The van der Waals surface area contributed by atoms with Crippen molar-refractivity contribution in [1.29, 1.82) is 0 Å². The summed E-state index contributed by atoms with van der Waals surface area (Å²) < 4.78 is 25.8. The first kappa shape index (κ1) is 13.6. The van der Waals surface area contributed by atoms with Crippen LogP contribution < -0.4 is 0 Å². The number of hydrogen-bond donors (Lipinski definition) is 1. The highest BCUT2D eigenvalue weighted by atomic mass is 35.5. The molecule has 0 spiro atoms. The fourth-order valence-corrected chi connectivity index (χ4v) is 5.04. The van der Waals surface area contributed by atoms with Crippen LogP contribution in [0.15, 0.2) is 0 Å². The van der Waals surface area contributed by atoms with E-state index in [0.717, 1.165) is 12.8 Å². The SMILES string of the molecule is CC(CCl)CS(=O)(=O)N1CC2CCC(O)C2C1. The molecule has 0 radical (unpaired) electrons. The van der Waals surface area contributed by atoms with E-state index in [2.05, 4.69) is 0 Å². The smallest absolute Gasteiger partial charge is 0.214 e. The van der Waals surface area contributed by atoms with Gasteiger partial charge in [-0.15, -0.1) is 11.6 Å². The Morgan fingerprint density at radius 2 is 2.12 bits per heavy atom. The Morgan fingerprint density at radius 3 is 2.71 bits per heavy atom. The number of alkyl halides is 1. The summed E-state index contributed by atoms with van der Waals surface area (Å²) in [6, 6.07) is 0. The summed E-state index contributed by atoms with van der Waals surface area (Å²) in [6.45, 7) is 2.92. The van der Waals surface area contributed by atoms with Gasteiger partial charge in [-0.1, -0.05) is 6.92 Å². The molecule has 1 saturated carbocycles. The van der Waals surface area contributed by atoms with E-state index in [0.29, 0.717) is 24.9 Å². The van der Waals surface area contributed by atoms with Crippen molar-refractivity contribution >= 4 is 21.6 Å². The molecule has 100 valence electrons. The third kappa shape index (κ3) is 2.78. The zero-order valence-electron chi connectivity index (χ0n) is 10.0. The van der Waals surface area contributed by atoms with Gasteiger partial charge in [0.05, 0.1) is 11.9 Å². The predicted octanol–water partition coefficient (Wildman–Crippen LogP) is 0.894. The summed E-state index contributed by atoms with van der Waals surface area (Å²) in [5, 5.41) is 9.77. The standard InChI is InChI=1S/C11H20ClNO3S/c1-8(4-12)7-17(15,16)13-5-9-2-3-11(14)10(9)6-13/h8-11,14H,2-7H2,1H3. The normalized spacial score (nSPS) is 36.1. The zero-order valence-corrected chi connectivity index (χ0v) is 11.6. The van der Waals surface area contributed by atoms with E-state index in [1.807, 2.05) is 6.92 Å². The third-order valence-electron chi connectivity index (χ3n) is 3.94. The van der Waals surface area contributed by atoms with Gasteiger partial charge in [-0.05, 0) is 24.7 Å². The first-order valence-corrected chi connectivity index (χ1v) is 8.30. The van der Waals surface area contributed by atoms with Gasteiger partial charge in [-0.25, -0.2) is 12.7 Å². The highest BCUT2D eigenvalue weighted by Crippen LogP contribution is 2.39. The quantitative estimate of drug-likeness (QED) is 0.779. The van der Waals surface area contributed by atoms with Crippen molar-refractivity contribution in [3.63, 3.8) is 0 Å². The first-order valence-electron chi connectivity index (χ1n) is 6.16. The zero-order chi connectivity index (χ0) is 12.6. The molecule has 0 bridgehead atoms. The maximum atomic E-state index is 12.1. The fourth-order valence-electron chi connectivity index (χ4n) is 2.93. The van der Waals surface area contributed by atoms with Crippen LogP contribution in [0.2, 0.25) is 0 Å². The molecule has 6 heteroatoms. The second-order valence-electron chi connectivity index (χ2n) is 5.42. The van der Waals surface area contributed by atoms with Crippen molar-refractivity contribution in [2.24, 2.45) is 17.8 Å². The molecule has 0 aromatic rings. The number of sulfonamides is 1. The molecule has 0 aromatic heterocycles. The van der Waals surface area contributed by atoms with Gasteiger partial charge < -0.3 is 5.11 Å². The molecule has 17 heavy (non-hydrogen) atoms. The molecule has 1 aliphatic heterocycles. The van der Waals surface area contributed by atoms with Crippen LogP contribution in [0.4, 0.5) is 0 Å². The maximum Gasteiger partial charge on any atom is 0.214 e. The molecule has 4 unspecified atom stereocenters. The van der Waals surface area contributed by atoms with Gasteiger partial charge in [0.25, 0.3) is 0 Å². The molecule has 2 rings (SSSR count). The third-order valence-corrected chi connectivity index (χ3v) is 6.54. The van der Waals surface area contributed by atoms with Crippen molar-refractivity contribution in [2.45, 2.75) is 25.9 Å². The maximum absolute atomic E-state index is 12.1. The number of fused-ring (bicyclic) bond motifs is 1. The van der Waals surface area contributed by atoms with Gasteiger partial charge in [0.1, 0.15) is 0 Å². The summed E-state index contributed by atoms with van der Waals surface area (Å²) in [4.78, 5) is 0. The monoisotopic (exact) mass is 281 g/mol. The number of aliphatic hydroxyl groups is 1. The average molecular weight is 282 g/mol. The minimum Gasteiger partial charge on any atom is -0.393 e. The summed E-state index contributed by atoms with van der Waals surface area (Å²) in [5.74, 6) is 0.961. The highest BCUT2D eigenvalue weighted by molar-refractivity contribution is 7.89. The van der Waals surface area contributed by atoms with E-state index in [-0.39, 0.29) is 23.7 Å². The van der Waals surface area contributed by atoms with Crippen LogP contribution in [-0.4, -0.2) is 48.7 Å². The summed E-state index contributed by atoms with van der Waals surface area (Å²) in [5.41, 5.74) is 0. The Balaban J connectivity index is 2.01. The van der Waals surface area contributed by atoms with Crippen LogP contribution in [-0.2, 0) is 10.0 Å². The lowest BCUT2D eigenvalue weighted by molar-refractivity contribution is 0.129. The summed E-state index contributed by atoms with van der Waals surface area (Å²) in [7, 11) is -3.20. The van der Waals surface area contributed by atoms with Crippen LogP contribution in [0.3, 0.4) is 0 Å². The number of rotatable bonds is 4. The Bertz CT molecular complexity index is 373. The second kappa shape index (κ2) is 5.03. The average Bonchev–Trinajstić information content (AvgIpc) is 2.81. The van der Waals surface area contributed by atoms with Crippen LogP contribution in [0, 0.1) is 17.8 Å². The van der Waals surface area contributed by atoms with Gasteiger partial charge >= 0.3 is 0 Å². The lowest BCUT2D eigenvalue weighted by Crippen LogP contribution is -2.35.